The minimum absolute atomic E-state index is 0.0351. The lowest BCUT2D eigenvalue weighted by Crippen LogP contribution is -2.24. The van der Waals surface area contributed by atoms with Crippen molar-refractivity contribution in [2.24, 2.45) is 0 Å². The Morgan fingerprint density at radius 1 is 1.04 bits per heavy atom. The van der Waals surface area contributed by atoms with Crippen LogP contribution in [0.15, 0.2) is 18.3 Å². The summed E-state index contributed by atoms with van der Waals surface area (Å²) in [5.74, 6) is -0.895. The zero-order chi connectivity index (χ0) is 18.7. The molecule has 0 aliphatic heterocycles. The lowest BCUT2D eigenvalue weighted by Gasteiger charge is -2.19. The number of ether oxygens (including phenoxy) is 4. The van der Waals surface area contributed by atoms with E-state index >= 15 is 0 Å². The predicted octanol–water partition coefficient (Wildman–Crippen LogP) is 1.92. The first kappa shape index (κ1) is 20.9. The van der Waals surface area contributed by atoms with Crippen molar-refractivity contribution in [2.45, 2.75) is 32.8 Å². The molecular weight excluding hydrogens is 330 g/mol. The van der Waals surface area contributed by atoms with Gasteiger partial charge in [-0.15, -0.1) is 0 Å². The normalized spacial score (nSPS) is 11.2. The molecule has 8 heteroatoms. The molecule has 0 bridgehead atoms. The van der Waals surface area contributed by atoms with Crippen molar-refractivity contribution >= 4 is 11.9 Å². The summed E-state index contributed by atoms with van der Waals surface area (Å²) in [5.41, 5.74) is -0.518. The molecule has 0 fully saturated rings. The quantitative estimate of drug-likeness (QED) is 0.474. The summed E-state index contributed by atoms with van der Waals surface area (Å²) < 4.78 is 21.1. The second kappa shape index (κ2) is 10.6. The molecule has 0 saturated heterocycles. The topological polar surface area (TPSA) is 104 Å². The molecule has 0 saturated carbocycles. The van der Waals surface area contributed by atoms with Crippen LogP contribution in [-0.2, 0) is 19.0 Å². The highest BCUT2D eigenvalue weighted by atomic mass is 16.6. The summed E-state index contributed by atoms with van der Waals surface area (Å²) in [6.07, 6.45) is 1.56. The van der Waals surface area contributed by atoms with Crippen LogP contribution in [0.1, 0.15) is 37.7 Å². The molecule has 1 N–H and O–H groups in total. The van der Waals surface area contributed by atoms with Gasteiger partial charge >= 0.3 is 11.9 Å². The second-order valence-electron chi connectivity index (χ2n) is 6.09. The third-order valence-electron chi connectivity index (χ3n) is 2.69. The Bertz CT molecular complexity index is 537. The van der Waals surface area contributed by atoms with Crippen molar-refractivity contribution in [1.29, 1.82) is 0 Å². The monoisotopic (exact) mass is 355 g/mol. The van der Waals surface area contributed by atoms with Gasteiger partial charge in [-0.25, -0.2) is 9.78 Å². The molecule has 1 rings (SSSR count). The number of esters is 1. The van der Waals surface area contributed by atoms with Crippen molar-refractivity contribution in [3.05, 3.63) is 24.0 Å². The van der Waals surface area contributed by atoms with Gasteiger partial charge in [0, 0.05) is 0 Å². The molecule has 0 aromatic carbocycles. The van der Waals surface area contributed by atoms with E-state index in [0.717, 1.165) is 0 Å². The number of hydrogen-bond acceptors (Lipinski definition) is 7. The van der Waals surface area contributed by atoms with Crippen LogP contribution < -0.4 is 4.74 Å². The zero-order valence-corrected chi connectivity index (χ0v) is 14.8. The molecule has 0 amide bonds. The van der Waals surface area contributed by atoms with Crippen LogP contribution >= 0.6 is 0 Å². The highest BCUT2D eigenvalue weighted by Gasteiger charge is 2.15. The summed E-state index contributed by atoms with van der Waals surface area (Å²) in [6.45, 7) is 7.17. The van der Waals surface area contributed by atoms with Crippen molar-refractivity contribution < 1.29 is 33.6 Å². The van der Waals surface area contributed by atoms with E-state index in [0.29, 0.717) is 32.2 Å². The van der Waals surface area contributed by atoms with Crippen LogP contribution in [-0.4, -0.2) is 60.7 Å². The third-order valence-corrected chi connectivity index (χ3v) is 2.69. The molecule has 0 radical (unpaired) electrons. The van der Waals surface area contributed by atoms with Gasteiger partial charge in [-0.1, -0.05) is 0 Å². The van der Waals surface area contributed by atoms with Gasteiger partial charge < -0.3 is 24.1 Å². The van der Waals surface area contributed by atoms with Crippen molar-refractivity contribution in [3.63, 3.8) is 0 Å². The molecule has 1 aromatic heterocycles. The molecule has 1 aromatic rings. The number of carbonyl (C=O) groups is 2. The number of carbonyl (C=O) groups excluding carboxylic acids is 1. The molecule has 0 aliphatic rings. The fraction of sp³-hybridized carbons (Fsp3) is 0.588. The Morgan fingerprint density at radius 3 is 2.24 bits per heavy atom. The molecule has 25 heavy (non-hydrogen) atoms. The number of pyridine rings is 1. The number of aromatic carboxylic acids is 1. The summed E-state index contributed by atoms with van der Waals surface area (Å²) in [4.78, 5) is 25.8. The van der Waals surface area contributed by atoms with Crippen molar-refractivity contribution in [2.75, 3.05) is 33.0 Å². The van der Waals surface area contributed by atoms with E-state index in [2.05, 4.69) is 4.98 Å². The van der Waals surface area contributed by atoms with E-state index in [9.17, 15) is 9.59 Å². The van der Waals surface area contributed by atoms with Gasteiger partial charge in [0.2, 0.25) is 0 Å². The van der Waals surface area contributed by atoms with E-state index in [-0.39, 0.29) is 24.7 Å². The molecule has 140 valence electrons. The molecule has 0 spiro atoms. The first-order valence-corrected chi connectivity index (χ1v) is 7.97. The summed E-state index contributed by atoms with van der Waals surface area (Å²) in [5, 5.41) is 8.73. The summed E-state index contributed by atoms with van der Waals surface area (Å²) >= 11 is 0. The summed E-state index contributed by atoms with van der Waals surface area (Å²) in [7, 11) is 0. The van der Waals surface area contributed by atoms with E-state index in [1.54, 1.807) is 0 Å². The van der Waals surface area contributed by atoms with Gasteiger partial charge in [0.25, 0.3) is 0 Å². The number of hydrogen-bond donors (Lipinski definition) is 1. The fourth-order valence-electron chi connectivity index (χ4n) is 1.68. The molecule has 1 heterocycles. The molecule has 8 nitrogen and oxygen atoms in total. The largest absolute Gasteiger partial charge is 0.490 e. The second-order valence-corrected chi connectivity index (χ2v) is 6.09. The van der Waals surface area contributed by atoms with E-state index in [1.807, 2.05) is 20.8 Å². The minimum Gasteiger partial charge on any atom is -0.490 e. The average Bonchev–Trinajstić information content (AvgIpc) is 2.52. The molecule has 0 aliphatic carbocycles. The number of carboxylic acids is 1. The number of aromatic nitrogens is 1. The smallest absolute Gasteiger partial charge is 0.354 e. The van der Waals surface area contributed by atoms with Crippen LogP contribution in [0.5, 0.6) is 5.75 Å². The Morgan fingerprint density at radius 2 is 1.68 bits per heavy atom. The maximum absolute atomic E-state index is 11.4. The van der Waals surface area contributed by atoms with Crippen molar-refractivity contribution in [3.8, 4) is 5.75 Å². The van der Waals surface area contributed by atoms with Gasteiger partial charge in [0.1, 0.15) is 23.7 Å². The van der Waals surface area contributed by atoms with E-state index in [4.69, 9.17) is 24.1 Å². The van der Waals surface area contributed by atoms with E-state index < -0.39 is 11.6 Å². The zero-order valence-electron chi connectivity index (χ0n) is 14.8. The summed E-state index contributed by atoms with van der Waals surface area (Å²) in [6, 6.07) is 2.91. The fourth-order valence-corrected chi connectivity index (χ4v) is 1.68. The highest BCUT2D eigenvalue weighted by molar-refractivity contribution is 5.85. The Kier molecular flexibility index (Phi) is 8.87. The van der Waals surface area contributed by atoms with Crippen LogP contribution in [0.4, 0.5) is 0 Å². The Balaban J connectivity index is 1.98. The maximum atomic E-state index is 11.4. The SMILES string of the molecule is CC(C)(C)OC(=O)CCOCCOCCOc1ccc(C(=O)O)nc1. The Hall–Kier alpha value is -2.19. The lowest BCUT2D eigenvalue weighted by atomic mass is 10.2. The highest BCUT2D eigenvalue weighted by Crippen LogP contribution is 2.09. The molecule has 0 unspecified atom stereocenters. The van der Waals surface area contributed by atoms with Gasteiger partial charge in [0.15, 0.2) is 0 Å². The van der Waals surface area contributed by atoms with Gasteiger partial charge in [0.05, 0.1) is 39.0 Å². The predicted molar refractivity (Wildman–Crippen MR) is 88.8 cm³/mol. The first-order valence-electron chi connectivity index (χ1n) is 7.97. The van der Waals surface area contributed by atoms with Gasteiger partial charge in [-0.3, -0.25) is 4.79 Å². The van der Waals surface area contributed by atoms with Crippen LogP contribution in [0.3, 0.4) is 0 Å². The maximum Gasteiger partial charge on any atom is 0.354 e. The number of rotatable bonds is 11. The standard InChI is InChI=1S/C17H25NO7/c1-17(2,3)25-15(19)6-7-22-8-9-23-10-11-24-13-4-5-14(16(20)21)18-12-13/h4-5,12H,6-11H2,1-3H3,(H,20,21). The minimum atomic E-state index is -1.08. The van der Waals surface area contributed by atoms with Crippen LogP contribution in [0.25, 0.3) is 0 Å². The number of carboxylic acid groups (broad SMARTS) is 1. The number of nitrogens with zero attached hydrogens (tertiary/aromatic N) is 1. The molecule has 0 atom stereocenters. The lowest BCUT2D eigenvalue weighted by molar-refractivity contribution is -0.156. The van der Waals surface area contributed by atoms with E-state index in [1.165, 1.54) is 18.3 Å². The average molecular weight is 355 g/mol. The Labute approximate surface area is 147 Å². The first-order chi connectivity index (χ1) is 11.8. The van der Waals surface area contributed by atoms with Crippen LogP contribution in [0, 0.1) is 0 Å². The van der Waals surface area contributed by atoms with Crippen LogP contribution in [0.2, 0.25) is 0 Å². The third kappa shape index (κ3) is 10.3. The molecular formula is C17H25NO7. The van der Waals surface area contributed by atoms with Crippen molar-refractivity contribution in [1.82, 2.24) is 4.98 Å². The van der Waals surface area contributed by atoms with Gasteiger partial charge in [-0.05, 0) is 32.9 Å². The van der Waals surface area contributed by atoms with Gasteiger partial charge in [-0.2, -0.15) is 0 Å².